The second-order valence-corrected chi connectivity index (χ2v) is 18.3. The van der Waals surface area contributed by atoms with Crippen LogP contribution in [0.5, 0.6) is 0 Å². The normalized spacial score (nSPS) is 16.7. The first-order chi connectivity index (χ1) is 15.3. The monoisotopic (exact) mass is 563 g/mol. The van der Waals surface area contributed by atoms with Gasteiger partial charge < -0.3 is 0 Å². The molecule has 3 aromatic rings. The third-order valence-corrected chi connectivity index (χ3v) is 19.2. The van der Waals surface area contributed by atoms with E-state index in [0.29, 0.717) is 0 Å². The summed E-state index contributed by atoms with van der Waals surface area (Å²) >= 11 is 20.8. The molecule has 0 heterocycles. The van der Waals surface area contributed by atoms with Crippen LogP contribution >= 0.6 is 63.6 Å². The highest BCUT2D eigenvalue weighted by Gasteiger charge is 2.46. The summed E-state index contributed by atoms with van der Waals surface area (Å²) in [5, 5.41) is 2.72. The third kappa shape index (κ3) is 5.76. The topological polar surface area (TPSA) is 26.8 Å². The van der Waals surface area contributed by atoms with Crippen LogP contribution in [0.3, 0.4) is 0 Å². The maximum absolute atomic E-state index is 14.9. The summed E-state index contributed by atoms with van der Waals surface area (Å²) in [6.07, 6.45) is 0. The number of hydrogen-bond acceptors (Lipinski definition) is 1. The highest BCUT2D eigenvalue weighted by Crippen LogP contribution is 2.76. The number of benzene rings is 3. The van der Waals surface area contributed by atoms with E-state index in [1.807, 2.05) is 91.0 Å². The Labute approximate surface area is 208 Å². The SMILES string of the molecule is CN(P(Cl)c1ccccc1)P(=O)(N(C)P(Cl)c1ccccc1)N(C)P(Cl)c1ccccc1. The Balaban J connectivity index is 2.04. The molecule has 0 aliphatic heterocycles. The van der Waals surface area contributed by atoms with Crippen molar-refractivity contribution in [3.63, 3.8) is 0 Å². The zero-order valence-electron chi connectivity index (χ0n) is 17.8. The second-order valence-electron chi connectivity index (χ2n) is 6.77. The highest BCUT2D eigenvalue weighted by molar-refractivity contribution is 8.00. The standard InChI is InChI=1S/C21H24Cl3N3OP4/c1-25(29(22)19-13-7-4-8-14-19)32(28,26(2)30(23)20-15-9-5-10-16-20)27(3)31(24)21-17-11-6-12-18-21/h4-18H,1-3H3. The van der Waals surface area contributed by atoms with Crippen LogP contribution in [0.15, 0.2) is 91.0 Å². The molecule has 0 amide bonds. The van der Waals surface area contributed by atoms with Crippen LogP contribution < -0.4 is 15.9 Å². The van der Waals surface area contributed by atoms with E-state index in [2.05, 4.69) is 0 Å². The van der Waals surface area contributed by atoms with Gasteiger partial charge in [0.15, 0.2) is 0 Å². The first-order valence-electron chi connectivity index (χ1n) is 9.63. The van der Waals surface area contributed by atoms with Gasteiger partial charge in [-0.1, -0.05) is 125 Å². The minimum Gasteiger partial charge on any atom is -0.269 e. The van der Waals surface area contributed by atoms with Gasteiger partial charge in [-0.15, -0.1) is 0 Å². The Morgan fingerprint density at radius 2 is 0.750 bits per heavy atom. The smallest absolute Gasteiger partial charge is 0.269 e. The second kappa shape index (κ2) is 12.1. The predicted molar refractivity (Wildman–Crippen MR) is 147 cm³/mol. The lowest BCUT2D eigenvalue weighted by atomic mass is 10.4. The fraction of sp³-hybridized carbons (Fsp3) is 0.143. The van der Waals surface area contributed by atoms with E-state index in [4.69, 9.17) is 33.7 Å². The number of nitrogens with zero attached hydrogens (tertiary/aromatic N) is 3. The van der Waals surface area contributed by atoms with Crippen molar-refractivity contribution >= 4 is 79.5 Å². The molecular formula is C21H24Cl3N3OP4. The van der Waals surface area contributed by atoms with Crippen molar-refractivity contribution in [2.75, 3.05) is 21.1 Å². The van der Waals surface area contributed by atoms with Gasteiger partial charge in [0.25, 0.3) is 7.59 Å². The zero-order valence-corrected chi connectivity index (χ0v) is 23.7. The van der Waals surface area contributed by atoms with Gasteiger partial charge in [0.05, 0.1) is 0 Å². The Hall–Kier alpha value is -0.0700. The van der Waals surface area contributed by atoms with E-state index < -0.39 is 29.9 Å². The molecular weight excluding hydrogens is 541 g/mol. The molecule has 0 spiro atoms. The van der Waals surface area contributed by atoms with Crippen LogP contribution in [0.25, 0.3) is 0 Å². The quantitative estimate of drug-likeness (QED) is 0.251. The summed E-state index contributed by atoms with van der Waals surface area (Å²) in [4.78, 5) is 0. The molecule has 0 aromatic heterocycles. The van der Waals surface area contributed by atoms with Crippen molar-refractivity contribution in [1.82, 2.24) is 13.3 Å². The van der Waals surface area contributed by atoms with Gasteiger partial charge in [-0.25, -0.2) is 0 Å². The average molecular weight is 565 g/mol. The zero-order chi connectivity index (χ0) is 23.3. The predicted octanol–water partition coefficient (Wildman–Crippen LogP) is 7.52. The minimum atomic E-state index is -3.47. The van der Waals surface area contributed by atoms with Gasteiger partial charge in [-0.05, 0) is 0 Å². The van der Waals surface area contributed by atoms with E-state index in [1.54, 1.807) is 34.5 Å². The largest absolute Gasteiger partial charge is 0.299 e. The summed E-state index contributed by atoms with van der Waals surface area (Å²) in [5.41, 5.74) is 0. The number of rotatable bonds is 9. The molecule has 0 aliphatic carbocycles. The van der Waals surface area contributed by atoms with Gasteiger partial charge in [-0.2, -0.15) is 13.3 Å². The molecule has 0 saturated carbocycles. The Kier molecular flexibility index (Phi) is 10.0. The van der Waals surface area contributed by atoms with Crippen molar-refractivity contribution in [2.45, 2.75) is 0 Å². The van der Waals surface area contributed by atoms with Crippen molar-refractivity contribution in [2.24, 2.45) is 0 Å². The molecule has 11 heteroatoms. The molecule has 0 saturated heterocycles. The molecule has 32 heavy (non-hydrogen) atoms. The summed E-state index contributed by atoms with van der Waals surface area (Å²) in [5.74, 6) is 0. The van der Waals surface area contributed by atoms with Gasteiger partial charge >= 0.3 is 0 Å². The summed E-state index contributed by atoms with van der Waals surface area (Å²) in [7, 11) is -2.35. The van der Waals surface area contributed by atoms with E-state index >= 15 is 0 Å². The molecule has 3 aromatic carbocycles. The van der Waals surface area contributed by atoms with Crippen LogP contribution in [0.1, 0.15) is 0 Å². The lowest BCUT2D eigenvalue weighted by molar-refractivity contribution is 0.482. The van der Waals surface area contributed by atoms with E-state index in [9.17, 15) is 4.57 Å². The number of hydrogen-bond donors (Lipinski definition) is 0. The van der Waals surface area contributed by atoms with Gasteiger partial charge in [0.2, 0.25) is 0 Å². The maximum atomic E-state index is 14.9. The molecule has 4 nitrogen and oxygen atoms in total. The molecule has 3 rings (SSSR count). The van der Waals surface area contributed by atoms with E-state index in [1.165, 1.54) is 0 Å². The lowest BCUT2D eigenvalue weighted by Gasteiger charge is -2.44. The fourth-order valence-electron chi connectivity index (χ4n) is 3.02. The van der Waals surface area contributed by atoms with Crippen molar-refractivity contribution in [3.05, 3.63) is 91.0 Å². The summed E-state index contributed by atoms with van der Waals surface area (Å²) < 4.78 is 20.2. The highest BCUT2D eigenvalue weighted by atomic mass is 35.7. The molecule has 0 N–H and O–H groups in total. The van der Waals surface area contributed by atoms with E-state index in [0.717, 1.165) is 15.9 Å². The van der Waals surface area contributed by atoms with Crippen LogP contribution in [0.4, 0.5) is 0 Å². The molecule has 0 aliphatic rings. The first kappa shape index (κ1) is 26.5. The van der Waals surface area contributed by atoms with Crippen LogP contribution in [-0.4, -0.2) is 34.5 Å². The molecule has 3 unspecified atom stereocenters. The maximum Gasteiger partial charge on any atom is 0.299 e. The summed E-state index contributed by atoms with van der Waals surface area (Å²) in [6.45, 7) is 0. The molecule has 0 fully saturated rings. The Morgan fingerprint density at radius 3 is 0.969 bits per heavy atom. The molecule has 3 atom stereocenters. The molecule has 0 bridgehead atoms. The van der Waals surface area contributed by atoms with Gasteiger partial charge in [0, 0.05) is 37.1 Å². The third-order valence-electron chi connectivity index (χ3n) is 4.80. The van der Waals surface area contributed by atoms with E-state index in [-0.39, 0.29) is 0 Å². The van der Waals surface area contributed by atoms with Crippen LogP contribution in [-0.2, 0) is 4.57 Å². The first-order valence-corrected chi connectivity index (χ1v) is 17.8. The Bertz CT molecular complexity index is 904. The van der Waals surface area contributed by atoms with Crippen molar-refractivity contribution in [3.8, 4) is 0 Å². The number of halogens is 3. The van der Waals surface area contributed by atoms with Crippen molar-refractivity contribution < 1.29 is 4.57 Å². The van der Waals surface area contributed by atoms with Gasteiger partial charge in [-0.3, -0.25) is 4.57 Å². The minimum absolute atomic E-state index is 0.908. The lowest BCUT2D eigenvalue weighted by Crippen LogP contribution is -2.31. The van der Waals surface area contributed by atoms with Crippen LogP contribution in [0.2, 0.25) is 0 Å². The fourth-order valence-corrected chi connectivity index (χ4v) is 15.9. The Morgan fingerprint density at radius 1 is 0.531 bits per heavy atom. The van der Waals surface area contributed by atoms with Gasteiger partial charge in [0.1, 0.15) is 22.3 Å². The molecule has 0 radical (unpaired) electrons. The molecule has 170 valence electrons. The van der Waals surface area contributed by atoms with Crippen molar-refractivity contribution in [1.29, 1.82) is 0 Å². The van der Waals surface area contributed by atoms with Crippen LogP contribution in [0, 0.1) is 0 Å². The average Bonchev–Trinajstić information content (AvgIpc) is 2.87. The summed E-state index contributed by atoms with van der Waals surface area (Å²) in [6, 6.07) is 29.0.